The molecule has 42 heavy (non-hydrogen) atoms. The maximum absolute atomic E-state index is 15.2. The minimum atomic E-state index is -0.861. The third-order valence-corrected chi connectivity index (χ3v) is 6.45. The van der Waals surface area contributed by atoms with Crippen molar-refractivity contribution < 1.29 is 28.2 Å². The van der Waals surface area contributed by atoms with Crippen LogP contribution in [0.15, 0.2) is 71.8 Å². The van der Waals surface area contributed by atoms with Crippen molar-refractivity contribution in [3.05, 3.63) is 100 Å². The van der Waals surface area contributed by atoms with Gasteiger partial charge in [0, 0.05) is 32.0 Å². The predicted octanol–water partition coefficient (Wildman–Crippen LogP) is 3.81. The number of hydrogen-bond acceptors (Lipinski definition) is 9. The van der Waals surface area contributed by atoms with Gasteiger partial charge in [0.15, 0.2) is 28.8 Å². The SMILES string of the molecule is COCC(C)(CO)Nc1n[nH]c2nccc(Oc3ccc(CC(=O)c4ccnn(-c5ccc(F)cc5)c4=O)cc3F)c12. The fourth-order valence-electron chi connectivity index (χ4n) is 4.35. The van der Waals surface area contributed by atoms with E-state index in [1.807, 2.05) is 0 Å². The van der Waals surface area contributed by atoms with Gasteiger partial charge < -0.3 is 19.9 Å². The van der Waals surface area contributed by atoms with Crippen molar-refractivity contribution in [1.29, 1.82) is 0 Å². The van der Waals surface area contributed by atoms with E-state index in [0.717, 1.165) is 10.7 Å². The van der Waals surface area contributed by atoms with Crippen LogP contribution in [0.1, 0.15) is 22.8 Å². The second kappa shape index (κ2) is 11.8. The average Bonchev–Trinajstić information content (AvgIpc) is 3.38. The molecule has 0 fully saturated rings. The number of H-pyrrole nitrogens is 1. The van der Waals surface area contributed by atoms with E-state index in [0.29, 0.717) is 28.1 Å². The number of methoxy groups -OCH3 is 1. The van der Waals surface area contributed by atoms with Crippen LogP contribution in [0.25, 0.3) is 16.7 Å². The summed E-state index contributed by atoms with van der Waals surface area (Å²) in [5, 5.41) is 24.4. The quantitative estimate of drug-likeness (QED) is 0.200. The van der Waals surface area contributed by atoms with E-state index in [2.05, 4.69) is 25.6 Å². The van der Waals surface area contributed by atoms with Crippen LogP contribution in [0.5, 0.6) is 11.5 Å². The van der Waals surface area contributed by atoms with Gasteiger partial charge in [-0.15, -0.1) is 0 Å². The number of anilines is 1. The summed E-state index contributed by atoms with van der Waals surface area (Å²) in [4.78, 5) is 30.1. The maximum Gasteiger partial charge on any atom is 0.282 e. The van der Waals surface area contributed by atoms with Crippen molar-refractivity contribution in [1.82, 2.24) is 25.0 Å². The Balaban J connectivity index is 1.37. The largest absolute Gasteiger partial charge is 0.453 e. The number of aliphatic hydroxyl groups excluding tert-OH is 1. The Kier molecular flexibility index (Phi) is 8.04. The Hall–Kier alpha value is -5.01. The summed E-state index contributed by atoms with van der Waals surface area (Å²) >= 11 is 0. The lowest BCUT2D eigenvalue weighted by atomic mass is 10.0. The minimum absolute atomic E-state index is 0.116. The number of nitrogens with one attached hydrogen (secondary N) is 2. The lowest BCUT2D eigenvalue weighted by molar-refractivity contribution is 0.0990. The molecule has 2 aromatic carbocycles. The number of carbonyl (C=O) groups is 1. The number of pyridine rings is 1. The molecule has 5 aromatic rings. The molecule has 3 heterocycles. The van der Waals surface area contributed by atoms with Gasteiger partial charge in [-0.3, -0.25) is 14.7 Å². The van der Waals surface area contributed by atoms with E-state index in [-0.39, 0.29) is 36.7 Å². The molecule has 11 nitrogen and oxygen atoms in total. The number of ketones is 1. The zero-order valence-electron chi connectivity index (χ0n) is 22.6. The van der Waals surface area contributed by atoms with Crippen LogP contribution < -0.4 is 15.6 Å². The Bertz CT molecular complexity index is 1810. The van der Waals surface area contributed by atoms with Crippen LogP contribution in [0, 0.1) is 11.6 Å². The van der Waals surface area contributed by atoms with Gasteiger partial charge in [-0.1, -0.05) is 6.07 Å². The van der Waals surface area contributed by atoms with Crippen molar-refractivity contribution in [2.24, 2.45) is 0 Å². The van der Waals surface area contributed by atoms with Gasteiger partial charge in [-0.25, -0.2) is 13.8 Å². The highest BCUT2D eigenvalue weighted by Crippen LogP contribution is 2.35. The molecule has 1 unspecified atom stereocenters. The highest BCUT2D eigenvalue weighted by atomic mass is 19.1. The normalized spacial score (nSPS) is 12.7. The first kappa shape index (κ1) is 28.5. The molecule has 216 valence electrons. The number of halogens is 2. The number of rotatable bonds is 11. The Labute approximate surface area is 237 Å². The zero-order chi connectivity index (χ0) is 29.9. The minimum Gasteiger partial charge on any atom is -0.453 e. The van der Waals surface area contributed by atoms with Crippen LogP contribution in [0.4, 0.5) is 14.6 Å². The van der Waals surface area contributed by atoms with Crippen LogP contribution in [0.2, 0.25) is 0 Å². The monoisotopic (exact) mass is 576 g/mol. The van der Waals surface area contributed by atoms with E-state index in [9.17, 15) is 19.1 Å². The molecular weight excluding hydrogens is 550 g/mol. The van der Waals surface area contributed by atoms with E-state index in [1.54, 1.807) is 13.0 Å². The predicted molar refractivity (Wildman–Crippen MR) is 149 cm³/mol. The summed E-state index contributed by atoms with van der Waals surface area (Å²) in [6.45, 7) is 1.68. The number of nitrogens with zero attached hydrogens (tertiary/aromatic N) is 4. The first-order valence-electron chi connectivity index (χ1n) is 12.8. The first-order chi connectivity index (χ1) is 20.2. The number of aromatic amines is 1. The van der Waals surface area contributed by atoms with Gasteiger partial charge >= 0.3 is 0 Å². The number of hydrogen-bond donors (Lipinski definition) is 3. The molecule has 0 amide bonds. The molecule has 0 aliphatic carbocycles. The van der Waals surface area contributed by atoms with E-state index in [1.165, 1.54) is 62.0 Å². The fraction of sp³-hybridized carbons (Fsp3) is 0.207. The van der Waals surface area contributed by atoms with Gasteiger partial charge in [0.2, 0.25) is 0 Å². The highest BCUT2D eigenvalue weighted by Gasteiger charge is 2.26. The highest BCUT2D eigenvalue weighted by molar-refractivity contribution is 5.97. The summed E-state index contributed by atoms with van der Waals surface area (Å²) in [7, 11) is 1.51. The Morgan fingerprint density at radius 2 is 1.88 bits per heavy atom. The van der Waals surface area contributed by atoms with E-state index >= 15 is 4.39 Å². The van der Waals surface area contributed by atoms with E-state index < -0.39 is 28.5 Å². The van der Waals surface area contributed by atoms with Crippen LogP contribution >= 0.6 is 0 Å². The number of Topliss-reactive ketones (excluding diaryl/α,β-unsaturated/α-hetero) is 1. The number of benzene rings is 2. The molecule has 0 saturated carbocycles. The standard InChI is InChI=1S/C29H26F2N6O5/c1-29(15-38,16-41-2)34-27-25-24(10-11-32-26(25)35-36-27)42-23-8-3-17(13-21(23)31)14-22(39)20-9-12-33-37(28(20)40)19-6-4-18(30)5-7-19/h3-13,38H,14-16H2,1-2H3,(H2,32,34,35,36). The summed E-state index contributed by atoms with van der Waals surface area (Å²) in [6, 6.07) is 12.0. The van der Waals surface area contributed by atoms with Gasteiger partial charge in [0.05, 0.1) is 30.0 Å². The molecule has 0 bridgehead atoms. The maximum atomic E-state index is 15.2. The summed E-state index contributed by atoms with van der Waals surface area (Å²) < 4.78 is 40.5. The summed E-state index contributed by atoms with van der Waals surface area (Å²) in [5.74, 6) is -1.30. The van der Waals surface area contributed by atoms with Gasteiger partial charge in [0.1, 0.15) is 17.0 Å². The van der Waals surface area contributed by atoms with Crippen LogP contribution in [0.3, 0.4) is 0 Å². The molecule has 0 saturated heterocycles. The molecule has 0 radical (unpaired) electrons. The van der Waals surface area contributed by atoms with Gasteiger partial charge in [-0.05, 0) is 55.0 Å². The number of aromatic nitrogens is 5. The lowest BCUT2D eigenvalue weighted by Crippen LogP contribution is -2.43. The van der Waals surface area contributed by atoms with Crippen molar-refractivity contribution >= 4 is 22.6 Å². The molecule has 3 aromatic heterocycles. The Morgan fingerprint density at radius 3 is 2.60 bits per heavy atom. The summed E-state index contributed by atoms with van der Waals surface area (Å²) in [6.07, 6.45) is 2.51. The smallest absolute Gasteiger partial charge is 0.282 e. The third-order valence-electron chi connectivity index (χ3n) is 6.45. The van der Waals surface area contributed by atoms with E-state index in [4.69, 9.17) is 9.47 Å². The lowest BCUT2D eigenvalue weighted by Gasteiger charge is -2.27. The van der Waals surface area contributed by atoms with Crippen molar-refractivity contribution in [2.45, 2.75) is 18.9 Å². The number of aliphatic hydroxyl groups is 1. The molecule has 0 aliphatic rings. The molecule has 5 rings (SSSR count). The Morgan fingerprint density at radius 1 is 1.10 bits per heavy atom. The zero-order valence-corrected chi connectivity index (χ0v) is 22.6. The molecule has 0 spiro atoms. The van der Waals surface area contributed by atoms with Crippen molar-refractivity contribution in [3.63, 3.8) is 0 Å². The van der Waals surface area contributed by atoms with Crippen molar-refractivity contribution in [3.8, 4) is 17.2 Å². The van der Waals surface area contributed by atoms with Crippen LogP contribution in [-0.4, -0.2) is 61.7 Å². The fourth-order valence-corrected chi connectivity index (χ4v) is 4.35. The second-order valence-corrected chi connectivity index (χ2v) is 9.79. The average molecular weight is 577 g/mol. The molecule has 3 N–H and O–H groups in total. The molecule has 0 aliphatic heterocycles. The topological polar surface area (TPSA) is 144 Å². The second-order valence-electron chi connectivity index (χ2n) is 9.79. The van der Waals surface area contributed by atoms with Crippen molar-refractivity contribution in [2.75, 3.05) is 25.6 Å². The van der Waals surface area contributed by atoms with Gasteiger partial charge in [-0.2, -0.15) is 14.9 Å². The van der Waals surface area contributed by atoms with Gasteiger partial charge in [0.25, 0.3) is 5.56 Å². The first-order valence-corrected chi connectivity index (χ1v) is 12.8. The van der Waals surface area contributed by atoms with Crippen LogP contribution in [-0.2, 0) is 11.2 Å². The molecule has 1 atom stereocenters. The third kappa shape index (κ3) is 5.87. The number of fused-ring (bicyclic) bond motifs is 1. The molecular formula is C29H26F2N6O5. The molecule has 13 heteroatoms. The summed E-state index contributed by atoms with van der Waals surface area (Å²) in [5.41, 5.74) is -0.691. The number of ether oxygens (including phenoxy) is 2. The number of carbonyl (C=O) groups excluding carboxylic acids is 1.